The summed E-state index contributed by atoms with van der Waals surface area (Å²) < 4.78 is 15.1. The van der Waals surface area contributed by atoms with E-state index >= 15 is 0 Å². The van der Waals surface area contributed by atoms with Gasteiger partial charge in [0.2, 0.25) is 0 Å². The van der Waals surface area contributed by atoms with Crippen LogP contribution >= 0.6 is 0 Å². The topological polar surface area (TPSA) is 44.8 Å². The molecule has 0 aromatic carbocycles. The van der Waals surface area contributed by atoms with Gasteiger partial charge in [-0.15, -0.1) is 0 Å². The summed E-state index contributed by atoms with van der Waals surface area (Å²) in [6.45, 7) is 6.89. The van der Waals surface area contributed by atoms with Gasteiger partial charge in [0.25, 0.3) is 0 Å². The fourth-order valence-electron chi connectivity index (χ4n) is 1.04. The zero-order valence-corrected chi connectivity index (χ0v) is 7.75. The quantitative estimate of drug-likeness (QED) is 0.482. The molecule has 1 aliphatic heterocycles. The first-order chi connectivity index (χ1) is 6.24. The highest BCUT2D eigenvalue weighted by atomic mass is 16.7. The molecule has 0 N–H and O–H groups in total. The van der Waals surface area contributed by atoms with Gasteiger partial charge in [-0.2, -0.15) is 0 Å². The molecule has 0 atom stereocenters. The van der Waals surface area contributed by atoms with Gasteiger partial charge in [-0.3, -0.25) is 0 Å². The SMILES string of the molecule is C=C(CC1OCCO1)C(=O)OCC. The summed E-state index contributed by atoms with van der Waals surface area (Å²) in [4.78, 5) is 11.1. The second kappa shape index (κ2) is 4.99. The molecule has 1 rings (SSSR count). The summed E-state index contributed by atoms with van der Waals surface area (Å²) in [5.74, 6) is -0.374. The third kappa shape index (κ3) is 3.16. The lowest BCUT2D eigenvalue weighted by Crippen LogP contribution is -2.14. The molecule has 0 amide bonds. The Morgan fingerprint density at radius 2 is 2.15 bits per heavy atom. The monoisotopic (exact) mass is 186 g/mol. The highest BCUT2D eigenvalue weighted by Crippen LogP contribution is 2.13. The lowest BCUT2D eigenvalue weighted by molar-refractivity contribution is -0.139. The van der Waals surface area contributed by atoms with E-state index in [9.17, 15) is 4.79 Å². The van der Waals surface area contributed by atoms with E-state index in [4.69, 9.17) is 14.2 Å². The molecule has 4 heteroatoms. The highest BCUT2D eigenvalue weighted by Gasteiger charge is 2.20. The number of rotatable bonds is 4. The van der Waals surface area contributed by atoms with E-state index in [1.54, 1.807) is 6.92 Å². The van der Waals surface area contributed by atoms with E-state index in [2.05, 4.69) is 6.58 Å². The van der Waals surface area contributed by atoms with Gasteiger partial charge >= 0.3 is 5.97 Å². The molecule has 0 spiro atoms. The van der Waals surface area contributed by atoms with E-state index < -0.39 is 0 Å². The largest absolute Gasteiger partial charge is 0.463 e. The molecular formula is C9H14O4. The fraction of sp³-hybridized carbons (Fsp3) is 0.667. The minimum absolute atomic E-state index is 0.322. The molecule has 1 fully saturated rings. The number of ether oxygens (including phenoxy) is 3. The molecule has 13 heavy (non-hydrogen) atoms. The first kappa shape index (κ1) is 10.2. The molecule has 4 nitrogen and oxygen atoms in total. The molecule has 0 aromatic heterocycles. The second-order valence-corrected chi connectivity index (χ2v) is 2.70. The van der Waals surface area contributed by atoms with Crippen LogP contribution in [0.4, 0.5) is 0 Å². The van der Waals surface area contributed by atoms with Crippen LogP contribution in [0.25, 0.3) is 0 Å². The zero-order chi connectivity index (χ0) is 9.68. The van der Waals surface area contributed by atoms with Crippen LogP contribution in [0.15, 0.2) is 12.2 Å². The maximum absolute atomic E-state index is 11.1. The Hall–Kier alpha value is -0.870. The van der Waals surface area contributed by atoms with Gasteiger partial charge in [0, 0.05) is 12.0 Å². The summed E-state index contributed by atoms with van der Waals surface area (Å²) in [7, 11) is 0. The minimum atomic E-state index is -0.374. The Balaban J connectivity index is 2.27. The molecule has 74 valence electrons. The Morgan fingerprint density at radius 1 is 1.54 bits per heavy atom. The Labute approximate surface area is 77.5 Å². The maximum Gasteiger partial charge on any atom is 0.333 e. The van der Waals surface area contributed by atoms with Crippen LogP contribution in [-0.4, -0.2) is 32.1 Å². The van der Waals surface area contributed by atoms with Crippen molar-refractivity contribution in [1.29, 1.82) is 0 Å². The molecule has 1 aliphatic rings. The number of carbonyl (C=O) groups is 1. The number of hydrogen-bond donors (Lipinski definition) is 0. The molecule has 0 bridgehead atoms. The fourth-order valence-corrected chi connectivity index (χ4v) is 1.04. The van der Waals surface area contributed by atoms with E-state index in [1.807, 2.05) is 0 Å². The summed E-state index contributed by atoms with van der Waals surface area (Å²) in [5.41, 5.74) is 0.397. The van der Waals surface area contributed by atoms with Gasteiger partial charge in [0.05, 0.1) is 19.8 Å². The van der Waals surface area contributed by atoms with E-state index in [1.165, 1.54) is 0 Å². The molecule has 0 aromatic rings. The van der Waals surface area contributed by atoms with Gasteiger partial charge in [0.15, 0.2) is 6.29 Å². The molecule has 0 unspecified atom stereocenters. The summed E-state index contributed by atoms with van der Waals surface area (Å²) in [6.07, 6.45) is 0.0654. The van der Waals surface area contributed by atoms with E-state index in [-0.39, 0.29) is 12.3 Å². The third-order valence-corrected chi connectivity index (χ3v) is 1.67. The summed E-state index contributed by atoms with van der Waals surface area (Å²) >= 11 is 0. The van der Waals surface area contributed by atoms with Crippen molar-refractivity contribution in [1.82, 2.24) is 0 Å². The van der Waals surface area contributed by atoms with Crippen molar-refractivity contribution in [2.75, 3.05) is 19.8 Å². The average Bonchev–Trinajstić information content (AvgIpc) is 2.57. The smallest absolute Gasteiger partial charge is 0.333 e. The molecule has 0 radical (unpaired) electrons. The standard InChI is InChI=1S/C9H14O4/c1-3-11-9(10)7(2)6-8-12-4-5-13-8/h8H,2-6H2,1H3. The summed E-state index contributed by atoms with van der Waals surface area (Å²) in [6, 6.07) is 0. The van der Waals surface area contributed by atoms with Crippen LogP contribution < -0.4 is 0 Å². The van der Waals surface area contributed by atoms with Crippen LogP contribution in [0.1, 0.15) is 13.3 Å². The van der Waals surface area contributed by atoms with Gasteiger partial charge in [-0.05, 0) is 6.92 Å². The first-order valence-electron chi connectivity index (χ1n) is 4.32. The van der Waals surface area contributed by atoms with Crippen molar-refractivity contribution >= 4 is 5.97 Å². The number of esters is 1. The second-order valence-electron chi connectivity index (χ2n) is 2.70. The van der Waals surface area contributed by atoms with Gasteiger partial charge in [-0.1, -0.05) is 6.58 Å². The normalized spacial score (nSPS) is 17.3. The van der Waals surface area contributed by atoms with Crippen molar-refractivity contribution in [3.05, 3.63) is 12.2 Å². The predicted molar refractivity (Wildman–Crippen MR) is 46.1 cm³/mol. The Morgan fingerprint density at radius 3 is 2.69 bits per heavy atom. The molecule has 1 saturated heterocycles. The van der Waals surface area contributed by atoms with Crippen LogP contribution in [-0.2, 0) is 19.0 Å². The molecular weight excluding hydrogens is 172 g/mol. The van der Waals surface area contributed by atoms with Crippen molar-refractivity contribution in [2.45, 2.75) is 19.6 Å². The maximum atomic E-state index is 11.1. The Kier molecular flexibility index (Phi) is 3.92. The minimum Gasteiger partial charge on any atom is -0.463 e. The van der Waals surface area contributed by atoms with Crippen molar-refractivity contribution < 1.29 is 19.0 Å². The average molecular weight is 186 g/mol. The van der Waals surface area contributed by atoms with Gasteiger partial charge < -0.3 is 14.2 Å². The highest BCUT2D eigenvalue weighted by molar-refractivity contribution is 5.87. The molecule has 0 saturated carbocycles. The lowest BCUT2D eigenvalue weighted by Gasteiger charge is -2.09. The van der Waals surface area contributed by atoms with Gasteiger partial charge in [-0.25, -0.2) is 4.79 Å². The predicted octanol–water partition coefficient (Wildman–Crippen LogP) is 0.869. The number of hydrogen-bond acceptors (Lipinski definition) is 4. The van der Waals surface area contributed by atoms with Crippen LogP contribution in [0.5, 0.6) is 0 Å². The number of carbonyl (C=O) groups excluding carboxylic acids is 1. The van der Waals surface area contributed by atoms with Crippen molar-refractivity contribution in [2.24, 2.45) is 0 Å². The van der Waals surface area contributed by atoms with Crippen LogP contribution in [0.2, 0.25) is 0 Å². The van der Waals surface area contributed by atoms with Crippen molar-refractivity contribution in [3.63, 3.8) is 0 Å². The molecule has 1 heterocycles. The van der Waals surface area contributed by atoms with E-state index in [0.717, 1.165) is 0 Å². The lowest BCUT2D eigenvalue weighted by atomic mass is 10.2. The van der Waals surface area contributed by atoms with Crippen LogP contribution in [0, 0.1) is 0 Å². The third-order valence-electron chi connectivity index (χ3n) is 1.67. The van der Waals surface area contributed by atoms with Gasteiger partial charge in [0.1, 0.15) is 0 Å². The van der Waals surface area contributed by atoms with Crippen molar-refractivity contribution in [3.8, 4) is 0 Å². The molecule has 0 aliphatic carbocycles. The van der Waals surface area contributed by atoms with Crippen LogP contribution in [0.3, 0.4) is 0 Å². The Bertz CT molecular complexity index is 194. The van der Waals surface area contributed by atoms with E-state index in [0.29, 0.717) is 31.8 Å². The first-order valence-corrected chi connectivity index (χ1v) is 4.32. The summed E-state index contributed by atoms with van der Waals surface area (Å²) in [5, 5.41) is 0. The zero-order valence-electron chi connectivity index (χ0n) is 7.75.